The number of piperazine rings is 1. The standard InChI is InChI=1S/C32H33N5O2/c1-20-15-24(16-21(2)31(20)38)27-18-26(32(39)35-34-27)30-29(23-7-5-4-6-8-23)25-10-9-22(17-28(25)33-30)19-37-13-11-36(3)12-14-37/h4-10,15-18,33,38H,11-14,19H2,1-3H3,(H,35,39). The highest BCUT2D eigenvalue weighted by Gasteiger charge is 2.20. The van der Waals surface area contributed by atoms with Crippen LogP contribution in [0.1, 0.15) is 16.7 Å². The summed E-state index contributed by atoms with van der Waals surface area (Å²) in [5, 5.41) is 18.4. The lowest BCUT2D eigenvalue weighted by molar-refractivity contribution is 0.148. The van der Waals surface area contributed by atoms with Crippen LogP contribution in [-0.2, 0) is 6.54 Å². The normalized spacial score (nSPS) is 14.7. The highest BCUT2D eigenvalue weighted by Crippen LogP contribution is 2.38. The second kappa shape index (κ2) is 10.2. The molecule has 7 nitrogen and oxygen atoms in total. The Kier molecular flexibility index (Phi) is 6.54. The zero-order chi connectivity index (χ0) is 27.1. The highest BCUT2D eigenvalue weighted by atomic mass is 16.3. The molecular formula is C32H33N5O2. The predicted octanol–water partition coefficient (Wildman–Crippen LogP) is 5.32. The van der Waals surface area contributed by atoms with Crippen molar-refractivity contribution in [3.8, 4) is 39.4 Å². The number of aromatic amines is 2. The first-order valence-electron chi connectivity index (χ1n) is 13.4. The maximum absolute atomic E-state index is 13.2. The number of likely N-dealkylation sites (N-methyl/N-ethyl adjacent to an activating group) is 1. The van der Waals surface area contributed by atoms with E-state index in [1.807, 2.05) is 50.2 Å². The number of H-pyrrole nitrogens is 2. The fraction of sp³-hybridized carbons (Fsp3) is 0.250. The third-order valence-electron chi connectivity index (χ3n) is 7.79. The Morgan fingerprint density at radius 3 is 2.33 bits per heavy atom. The molecule has 0 spiro atoms. The fourth-order valence-electron chi connectivity index (χ4n) is 5.56. The van der Waals surface area contributed by atoms with Crippen molar-refractivity contribution in [2.24, 2.45) is 0 Å². The fourth-order valence-corrected chi connectivity index (χ4v) is 5.56. The molecule has 0 radical (unpaired) electrons. The molecule has 39 heavy (non-hydrogen) atoms. The van der Waals surface area contributed by atoms with Crippen molar-refractivity contribution in [3.05, 3.63) is 93.8 Å². The van der Waals surface area contributed by atoms with Crippen molar-refractivity contribution >= 4 is 10.9 Å². The van der Waals surface area contributed by atoms with E-state index in [1.165, 1.54) is 5.56 Å². The van der Waals surface area contributed by atoms with Crippen LogP contribution in [0.2, 0.25) is 0 Å². The predicted molar refractivity (Wildman–Crippen MR) is 157 cm³/mol. The molecule has 1 fully saturated rings. The van der Waals surface area contributed by atoms with Crippen molar-refractivity contribution in [1.29, 1.82) is 0 Å². The van der Waals surface area contributed by atoms with Gasteiger partial charge in [-0.15, -0.1) is 0 Å². The minimum Gasteiger partial charge on any atom is -0.507 e. The quantitative estimate of drug-likeness (QED) is 0.292. The van der Waals surface area contributed by atoms with Gasteiger partial charge in [0.25, 0.3) is 5.56 Å². The lowest BCUT2D eigenvalue weighted by Crippen LogP contribution is -2.43. The average Bonchev–Trinajstić information content (AvgIpc) is 3.32. The maximum Gasteiger partial charge on any atom is 0.273 e. The molecule has 0 bridgehead atoms. The van der Waals surface area contributed by atoms with Crippen LogP contribution in [-0.4, -0.2) is 63.3 Å². The van der Waals surface area contributed by atoms with Crippen molar-refractivity contribution < 1.29 is 5.11 Å². The zero-order valence-corrected chi connectivity index (χ0v) is 22.6. The molecule has 3 heterocycles. The SMILES string of the molecule is Cc1cc(-c2cc(-c3[nH]c4cc(CN5CCN(C)CC5)ccc4c3-c3ccccc3)c(=O)[nH]n2)cc(C)c1O. The van der Waals surface area contributed by atoms with E-state index in [0.717, 1.165) is 77.1 Å². The van der Waals surface area contributed by atoms with Gasteiger partial charge in [0.05, 0.1) is 17.0 Å². The Morgan fingerprint density at radius 1 is 0.897 bits per heavy atom. The summed E-state index contributed by atoms with van der Waals surface area (Å²) >= 11 is 0. The first-order chi connectivity index (χ1) is 18.9. The van der Waals surface area contributed by atoms with Gasteiger partial charge >= 0.3 is 0 Å². The number of benzene rings is 3. The second-order valence-corrected chi connectivity index (χ2v) is 10.7. The molecule has 1 aliphatic heterocycles. The van der Waals surface area contributed by atoms with Gasteiger partial charge in [-0.05, 0) is 67.4 Å². The monoisotopic (exact) mass is 519 g/mol. The smallest absolute Gasteiger partial charge is 0.273 e. The summed E-state index contributed by atoms with van der Waals surface area (Å²) in [6, 6.07) is 22.4. The van der Waals surface area contributed by atoms with Gasteiger partial charge in [-0.3, -0.25) is 9.69 Å². The molecule has 0 aliphatic carbocycles. The number of nitrogens with one attached hydrogen (secondary N) is 2. The molecule has 0 unspecified atom stereocenters. The topological polar surface area (TPSA) is 88.3 Å². The summed E-state index contributed by atoms with van der Waals surface area (Å²) < 4.78 is 0. The molecule has 6 rings (SSSR count). The summed E-state index contributed by atoms with van der Waals surface area (Å²) in [5.74, 6) is 0.276. The number of hydrogen-bond acceptors (Lipinski definition) is 5. The van der Waals surface area contributed by atoms with E-state index in [4.69, 9.17) is 0 Å². The van der Waals surface area contributed by atoms with E-state index < -0.39 is 0 Å². The molecule has 0 amide bonds. The number of phenolic OH excluding ortho intramolecular Hbond substituents is 1. The molecule has 1 saturated heterocycles. The van der Waals surface area contributed by atoms with E-state index in [1.54, 1.807) is 0 Å². The minimum atomic E-state index is -0.257. The lowest BCUT2D eigenvalue weighted by Gasteiger charge is -2.32. The van der Waals surface area contributed by atoms with E-state index >= 15 is 0 Å². The molecule has 3 aromatic carbocycles. The minimum absolute atomic E-state index is 0.257. The molecule has 5 aromatic rings. The van der Waals surface area contributed by atoms with Crippen molar-refractivity contribution in [2.75, 3.05) is 33.2 Å². The Morgan fingerprint density at radius 2 is 1.62 bits per heavy atom. The van der Waals surface area contributed by atoms with Gasteiger partial charge in [0.15, 0.2) is 0 Å². The molecular weight excluding hydrogens is 486 g/mol. The van der Waals surface area contributed by atoms with Crippen molar-refractivity contribution in [3.63, 3.8) is 0 Å². The van der Waals surface area contributed by atoms with Crippen LogP contribution >= 0.6 is 0 Å². The number of aryl methyl sites for hydroxylation is 2. The number of phenols is 1. The highest BCUT2D eigenvalue weighted by molar-refractivity contribution is 6.04. The van der Waals surface area contributed by atoms with Gasteiger partial charge in [0.1, 0.15) is 5.75 Å². The number of aromatic hydroxyl groups is 1. The Hall–Kier alpha value is -4.20. The number of rotatable bonds is 5. The van der Waals surface area contributed by atoms with E-state index in [-0.39, 0.29) is 11.3 Å². The lowest BCUT2D eigenvalue weighted by atomic mass is 9.97. The molecule has 0 atom stereocenters. The van der Waals surface area contributed by atoms with Gasteiger partial charge in [0, 0.05) is 54.8 Å². The average molecular weight is 520 g/mol. The number of nitrogens with zero attached hydrogens (tertiary/aromatic N) is 3. The van der Waals surface area contributed by atoms with Crippen LogP contribution in [0, 0.1) is 13.8 Å². The molecule has 2 aromatic heterocycles. The first kappa shape index (κ1) is 25.1. The maximum atomic E-state index is 13.2. The van der Waals surface area contributed by atoms with Crippen LogP contribution in [0.3, 0.4) is 0 Å². The summed E-state index contributed by atoms with van der Waals surface area (Å²) in [4.78, 5) is 21.7. The van der Waals surface area contributed by atoms with E-state index in [9.17, 15) is 9.90 Å². The Labute approximate surface area is 227 Å². The van der Waals surface area contributed by atoms with Gasteiger partial charge in [-0.25, -0.2) is 5.10 Å². The number of aromatic nitrogens is 3. The van der Waals surface area contributed by atoms with Crippen molar-refractivity contribution in [2.45, 2.75) is 20.4 Å². The van der Waals surface area contributed by atoms with Crippen LogP contribution < -0.4 is 5.56 Å². The number of fused-ring (bicyclic) bond motifs is 1. The second-order valence-electron chi connectivity index (χ2n) is 10.7. The molecule has 7 heteroatoms. The van der Waals surface area contributed by atoms with Gasteiger partial charge < -0.3 is 15.0 Å². The first-order valence-corrected chi connectivity index (χ1v) is 13.4. The molecule has 3 N–H and O–H groups in total. The van der Waals surface area contributed by atoms with E-state index in [2.05, 4.69) is 62.4 Å². The Bertz CT molecular complexity index is 1690. The third kappa shape index (κ3) is 4.87. The summed E-state index contributed by atoms with van der Waals surface area (Å²) in [5.41, 5.74) is 8.35. The summed E-state index contributed by atoms with van der Waals surface area (Å²) in [7, 11) is 2.17. The number of hydrogen-bond donors (Lipinski definition) is 3. The largest absolute Gasteiger partial charge is 0.507 e. The Balaban J connectivity index is 1.48. The summed E-state index contributed by atoms with van der Waals surface area (Å²) in [6.07, 6.45) is 0. The van der Waals surface area contributed by atoms with E-state index in [0.29, 0.717) is 11.3 Å². The van der Waals surface area contributed by atoms with Gasteiger partial charge in [-0.2, -0.15) is 5.10 Å². The van der Waals surface area contributed by atoms with Crippen LogP contribution in [0.15, 0.2) is 71.5 Å². The van der Waals surface area contributed by atoms with Crippen LogP contribution in [0.25, 0.3) is 44.5 Å². The third-order valence-corrected chi connectivity index (χ3v) is 7.79. The van der Waals surface area contributed by atoms with Gasteiger partial charge in [0.2, 0.25) is 0 Å². The zero-order valence-electron chi connectivity index (χ0n) is 22.6. The molecule has 0 saturated carbocycles. The molecule has 1 aliphatic rings. The van der Waals surface area contributed by atoms with Crippen LogP contribution in [0.5, 0.6) is 5.75 Å². The van der Waals surface area contributed by atoms with Crippen LogP contribution in [0.4, 0.5) is 0 Å². The van der Waals surface area contributed by atoms with Crippen molar-refractivity contribution in [1.82, 2.24) is 25.0 Å². The summed E-state index contributed by atoms with van der Waals surface area (Å²) in [6.45, 7) is 8.92. The molecule has 198 valence electrons. The van der Waals surface area contributed by atoms with Gasteiger partial charge in [-0.1, -0.05) is 42.5 Å².